The van der Waals surface area contributed by atoms with E-state index in [2.05, 4.69) is 39.6 Å². The maximum absolute atomic E-state index is 4.33. The number of imidazole rings is 1. The first-order chi connectivity index (χ1) is 7.88. The van der Waals surface area contributed by atoms with Gasteiger partial charge in [0, 0.05) is 23.3 Å². The fourth-order valence-electron chi connectivity index (χ4n) is 1.43. The van der Waals surface area contributed by atoms with Crippen molar-refractivity contribution in [3.8, 4) is 0 Å². The van der Waals surface area contributed by atoms with Gasteiger partial charge in [-0.1, -0.05) is 18.2 Å². The molecule has 0 atom stereocenters. The average Bonchev–Trinajstić information content (AvgIpc) is 2.76. The van der Waals surface area contributed by atoms with Crippen LogP contribution in [0.1, 0.15) is 11.5 Å². The Hall–Kier alpha value is -1.26. The second kappa shape index (κ2) is 5.72. The molecule has 3 nitrogen and oxygen atoms in total. The molecule has 16 heavy (non-hydrogen) atoms. The van der Waals surface area contributed by atoms with Gasteiger partial charge in [0.25, 0.3) is 0 Å². The van der Waals surface area contributed by atoms with Crippen LogP contribution in [0.2, 0.25) is 0 Å². The molecule has 0 bridgehead atoms. The number of benzene rings is 1. The third kappa shape index (κ3) is 3.12. The molecule has 0 radical (unpaired) electrons. The summed E-state index contributed by atoms with van der Waals surface area (Å²) in [6.07, 6.45) is 1.89. The fraction of sp³-hybridized carbons (Fsp3) is 0.250. The summed E-state index contributed by atoms with van der Waals surface area (Å²) < 4.78 is 0. The van der Waals surface area contributed by atoms with Crippen molar-refractivity contribution in [3.63, 3.8) is 0 Å². The highest BCUT2D eigenvalue weighted by atomic mass is 32.2. The van der Waals surface area contributed by atoms with Crippen LogP contribution in [-0.4, -0.2) is 17.0 Å². The first kappa shape index (κ1) is 11.2. The minimum atomic E-state index is 0.836. The molecule has 1 aromatic heterocycles. The third-order valence-electron chi connectivity index (χ3n) is 2.17. The molecule has 1 heterocycles. The predicted molar refractivity (Wildman–Crippen MR) is 67.4 cm³/mol. The number of aromatic nitrogens is 2. The van der Waals surface area contributed by atoms with E-state index in [4.69, 9.17) is 0 Å². The van der Waals surface area contributed by atoms with Crippen LogP contribution in [0.15, 0.2) is 41.4 Å². The van der Waals surface area contributed by atoms with Gasteiger partial charge in [0.15, 0.2) is 0 Å². The van der Waals surface area contributed by atoms with E-state index in [-0.39, 0.29) is 0 Å². The molecule has 0 aliphatic heterocycles. The van der Waals surface area contributed by atoms with Crippen LogP contribution in [0.5, 0.6) is 0 Å². The summed E-state index contributed by atoms with van der Waals surface area (Å²) in [5.41, 5.74) is 1.13. The third-order valence-corrected chi connectivity index (χ3v) is 3.19. The highest BCUT2D eigenvalue weighted by Gasteiger charge is 2.00. The molecule has 84 valence electrons. The lowest BCUT2D eigenvalue weighted by atomic mass is 10.4. The number of nitrogens with zero attached hydrogens (tertiary/aromatic N) is 1. The van der Waals surface area contributed by atoms with E-state index in [0.29, 0.717) is 0 Å². The Kier molecular flexibility index (Phi) is 4.02. The first-order valence-corrected chi connectivity index (χ1v) is 6.22. The first-order valence-electron chi connectivity index (χ1n) is 5.23. The van der Waals surface area contributed by atoms with Gasteiger partial charge in [0.2, 0.25) is 0 Å². The largest absolute Gasteiger partial charge is 0.344 e. The maximum atomic E-state index is 4.33. The number of H-pyrrole nitrogens is 1. The summed E-state index contributed by atoms with van der Waals surface area (Å²) in [6.45, 7) is 0.836. The molecule has 2 N–H and O–H groups in total. The van der Waals surface area contributed by atoms with Crippen LogP contribution < -0.4 is 5.32 Å². The Balaban J connectivity index is 1.89. The van der Waals surface area contributed by atoms with Gasteiger partial charge in [-0.05, 0) is 19.2 Å². The zero-order chi connectivity index (χ0) is 11.2. The highest BCUT2D eigenvalue weighted by molar-refractivity contribution is 7.98. The quantitative estimate of drug-likeness (QED) is 0.779. The van der Waals surface area contributed by atoms with Crippen LogP contribution in [-0.2, 0) is 12.3 Å². The molecular formula is C12H15N3S. The summed E-state index contributed by atoms with van der Waals surface area (Å²) in [6, 6.07) is 10.4. The summed E-state index contributed by atoms with van der Waals surface area (Å²) in [5, 5.41) is 3.09. The standard InChI is InChI=1S/C12H15N3S/c1-13-7-10-8-14-12(15-10)9-16-11-5-3-2-4-6-11/h2-6,8,13H,7,9H2,1H3,(H,14,15). The normalized spacial score (nSPS) is 10.6. The molecule has 4 heteroatoms. The minimum absolute atomic E-state index is 0.836. The van der Waals surface area contributed by atoms with Gasteiger partial charge in [-0.15, -0.1) is 11.8 Å². The number of aromatic amines is 1. The van der Waals surface area contributed by atoms with Crippen molar-refractivity contribution in [2.45, 2.75) is 17.2 Å². The Bertz CT molecular complexity index is 425. The molecule has 2 aromatic rings. The summed E-state index contributed by atoms with van der Waals surface area (Å²) >= 11 is 1.79. The highest BCUT2D eigenvalue weighted by Crippen LogP contribution is 2.20. The fourth-order valence-corrected chi connectivity index (χ4v) is 2.23. The van der Waals surface area contributed by atoms with Crippen molar-refractivity contribution in [3.05, 3.63) is 48.0 Å². The maximum Gasteiger partial charge on any atom is 0.116 e. The second-order valence-corrected chi connectivity index (χ2v) is 4.54. The van der Waals surface area contributed by atoms with Crippen molar-refractivity contribution >= 4 is 11.8 Å². The topological polar surface area (TPSA) is 40.7 Å². The van der Waals surface area contributed by atoms with Gasteiger partial charge in [-0.3, -0.25) is 0 Å². The number of thioether (sulfide) groups is 1. The Morgan fingerprint density at radius 2 is 2.12 bits per heavy atom. The van der Waals surface area contributed by atoms with E-state index < -0.39 is 0 Å². The van der Waals surface area contributed by atoms with Crippen LogP contribution in [0.25, 0.3) is 0 Å². The lowest BCUT2D eigenvalue weighted by Crippen LogP contribution is -2.05. The van der Waals surface area contributed by atoms with Gasteiger partial charge < -0.3 is 10.3 Å². The number of nitrogens with one attached hydrogen (secondary N) is 2. The van der Waals surface area contributed by atoms with E-state index in [1.54, 1.807) is 11.8 Å². The molecule has 2 rings (SSSR count). The van der Waals surface area contributed by atoms with E-state index in [1.807, 2.05) is 19.3 Å². The molecule has 0 unspecified atom stereocenters. The number of rotatable bonds is 5. The minimum Gasteiger partial charge on any atom is -0.344 e. The van der Waals surface area contributed by atoms with Crippen molar-refractivity contribution < 1.29 is 0 Å². The van der Waals surface area contributed by atoms with Gasteiger partial charge in [-0.25, -0.2) is 4.98 Å². The van der Waals surface area contributed by atoms with Crippen LogP contribution in [0.3, 0.4) is 0 Å². The molecule has 0 amide bonds. The molecular weight excluding hydrogens is 218 g/mol. The second-order valence-electron chi connectivity index (χ2n) is 3.49. The van der Waals surface area contributed by atoms with Crippen LogP contribution >= 0.6 is 11.8 Å². The SMILES string of the molecule is CNCc1cnc(CSc2ccccc2)[nH]1. The van der Waals surface area contributed by atoms with Gasteiger partial charge in [0.1, 0.15) is 5.82 Å². The molecule has 1 aromatic carbocycles. The van der Waals surface area contributed by atoms with Crippen molar-refractivity contribution in [2.75, 3.05) is 7.05 Å². The van der Waals surface area contributed by atoms with Crippen molar-refractivity contribution in [1.29, 1.82) is 0 Å². The Labute approximate surface area is 99.7 Å². The van der Waals surface area contributed by atoms with E-state index in [9.17, 15) is 0 Å². The lowest BCUT2D eigenvalue weighted by Gasteiger charge is -1.98. The molecule has 0 saturated carbocycles. The number of hydrogen-bond donors (Lipinski definition) is 2. The van der Waals surface area contributed by atoms with Crippen LogP contribution in [0, 0.1) is 0 Å². The van der Waals surface area contributed by atoms with E-state index in [1.165, 1.54) is 4.90 Å². The smallest absolute Gasteiger partial charge is 0.116 e. The summed E-state index contributed by atoms with van der Waals surface area (Å²) in [7, 11) is 1.93. The predicted octanol–water partition coefficient (Wildman–Crippen LogP) is 2.42. The monoisotopic (exact) mass is 233 g/mol. The van der Waals surface area contributed by atoms with Gasteiger partial charge in [0.05, 0.1) is 5.75 Å². The molecule has 0 saturated heterocycles. The molecule has 0 aliphatic carbocycles. The van der Waals surface area contributed by atoms with Gasteiger partial charge >= 0.3 is 0 Å². The van der Waals surface area contributed by atoms with E-state index >= 15 is 0 Å². The van der Waals surface area contributed by atoms with E-state index in [0.717, 1.165) is 23.8 Å². The lowest BCUT2D eigenvalue weighted by molar-refractivity contribution is 0.794. The summed E-state index contributed by atoms with van der Waals surface area (Å²) in [4.78, 5) is 8.90. The van der Waals surface area contributed by atoms with Crippen molar-refractivity contribution in [1.82, 2.24) is 15.3 Å². The Morgan fingerprint density at radius 3 is 2.88 bits per heavy atom. The number of hydrogen-bond acceptors (Lipinski definition) is 3. The van der Waals surface area contributed by atoms with Crippen LogP contribution in [0.4, 0.5) is 0 Å². The van der Waals surface area contributed by atoms with Crippen molar-refractivity contribution in [2.24, 2.45) is 0 Å². The summed E-state index contributed by atoms with van der Waals surface area (Å²) in [5.74, 6) is 1.91. The zero-order valence-corrected chi connectivity index (χ0v) is 10.1. The Morgan fingerprint density at radius 1 is 1.31 bits per heavy atom. The molecule has 0 spiro atoms. The zero-order valence-electron chi connectivity index (χ0n) is 9.23. The average molecular weight is 233 g/mol. The molecule has 0 fully saturated rings. The molecule has 0 aliphatic rings. The van der Waals surface area contributed by atoms with Gasteiger partial charge in [-0.2, -0.15) is 0 Å².